The van der Waals surface area contributed by atoms with Crippen LogP contribution in [0.3, 0.4) is 0 Å². The zero-order valence-corrected chi connectivity index (χ0v) is 20.0. The summed E-state index contributed by atoms with van der Waals surface area (Å²) in [5, 5.41) is 3.84. The summed E-state index contributed by atoms with van der Waals surface area (Å²) in [7, 11) is 1.78. The summed E-state index contributed by atoms with van der Waals surface area (Å²) in [5.41, 5.74) is 5.42. The summed E-state index contributed by atoms with van der Waals surface area (Å²) in [6.45, 7) is 1.61. The Balaban J connectivity index is 1.35. The molecular formula is C29H38N2O2. The summed E-state index contributed by atoms with van der Waals surface area (Å²) in [5.74, 6) is 1.58. The van der Waals surface area contributed by atoms with E-state index >= 15 is 0 Å². The van der Waals surface area contributed by atoms with Crippen molar-refractivity contribution in [1.29, 1.82) is 0 Å². The van der Waals surface area contributed by atoms with Gasteiger partial charge in [-0.05, 0) is 67.7 Å². The third-order valence-corrected chi connectivity index (χ3v) is 8.08. The second-order valence-electron chi connectivity index (χ2n) is 10.1. The lowest BCUT2D eigenvalue weighted by Gasteiger charge is -2.33. The lowest BCUT2D eigenvalue weighted by molar-refractivity contribution is -0.137. The molecule has 1 aliphatic heterocycles. The standard InChI is InChI=1S/C29H38N2O2/c1-33-27-19-24-15-9-8-14-23(24)18-25(27)20-30-26-16-17-31(28(26)21-10-4-2-5-11-21)29(32)22-12-6-3-7-13-22/h2,4-5,10-11,18-19,22,26,28,30H,3,6-9,12-17,20H2,1H3. The van der Waals surface area contributed by atoms with Crippen molar-refractivity contribution < 1.29 is 9.53 Å². The number of methoxy groups -OCH3 is 1. The normalized spacial score (nSPS) is 23.4. The van der Waals surface area contributed by atoms with Crippen molar-refractivity contribution in [3.05, 3.63) is 64.7 Å². The number of carbonyl (C=O) groups excluding carboxylic acids is 1. The molecule has 2 aromatic rings. The molecule has 0 radical (unpaired) electrons. The number of ether oxygens (including phenoxy) is 1. The van der Waals surface area contributed by atoms with Crippen LogP contribution in [0.4, 0.5) is 0 Å². The molecule has 2 aliphatic carbocycles. The van der Waals surface area contributed by atoms with Crippen molar-refractivity contribution in [3.8, 4) is 5.75 Å². The fourth-order valence-corrected chi connectivity index (χ4v) is 6.28. The zero-order chi connectivity index (χ0) is 22.6. The van der Waals surface area contributed by atoms with E-state index < -0.39 is 0 Å². The number of likely N-dealkylation sites (tertiary alicyclic amines) is 1. The van der Waals surface area contributed by atoms with Gasteiger partial charge in [-0.3, -0.25) is 4.79 Å². The van der Waals surface area contributed by atoms with Crippen LogP contribution in [0, 0.1) is 5.92 Å². The number of benzene rings is 2. The Kier molecular flexibility index (Phi) is 7.01. The minimum Gasteiger partial charge on any atom is -0.496 e. The fourth-order valence-electron chi connectivity index (χ4n) is 6.28. The Morgan fingerprint density at radius 3 is 2.42 bits per heavy atom. The first kappa shape index (κ1) is 22.5. The Bertz CT molecular complexity index is 952. The number of nitrogens with one attached hydrogen (secondary N) is 1. The predicted molar refractivity (Wildman–Crippen MR) is 132 cm³/mol. The third-order valence-electron chi connectivity index (χ3n) is 8.08. The molecule has 33 heavy (non-hydrogen) atoms. The molecule has 2 unspecified atom stereocenters. The Labute approximate surface area is 198 Å². The van der Waals surface area contributed by atoms with Crippen LogP contribution >= 0.6 is 0 Å². The second-order valence-corrected chi connectivity index (χ2v) is 10.1. The highest BCUT2D eigenvalue weighted by atomic mass is 16.5. The molecule has 3 aliphatic rings. The summed E-state index contributed by atoms with van der Waals surface area (Å²) in [6, 6.07) is 15.6. The molecule has 2 atom stereocenters. The zero-order valence-electron chi connectivity index (χ0n) is 20.0. The molecule has 176 valence electrons. The minimum atomic E-state index is 0.101. The second kappa shape index (κ2) is 10.3. The first-order valence-corrected chi connectivity index (χ1v) is 13.0. The van der Waals surface area contributed by atoms with Crippen LogP contribution in [0.15, 0.2) is 42.5 Å². The van der Waals surface area contributed by atoms with E-state index in [4.69, 9.17) is 4.74 Å². The highest BCUT2D eigenvalue weighted by Crippen LogP contribution is 2.37. The van der Waals surface area contributed by atoms with Crippen molar-refractivity contribution in [2.75, 3.05) is 13.7 Å². The summed E-state index contributed by atoms with van der Waals surface area (Å²) in [6.07, 6.45) is 11.7. The van der Waals surface area contributed by atoms with E-state index in [0.29, 0.717) is 5.91 Å². The average Bonchev–Trinajstić information content (AvgIpc) is 3.31. The number of amides is 1. The molecule has 1 amide bonds. The Morgan fingerprint density at radius 2 is 1.70 bits per heavy atom. The van der Waals surface area contributed by atoms with E-state index in [1.807, 2.05) is 0 Å². The van der Waals surface area contributed by atoms with E-state index in [0.717, 1.165) is 44.5 Å². The van der Waals surface area contributed by atoms with E-state index in [1.165, 1.54) is 60.8 Å². The van der Waals surface area contributed by atoms with Crippen LogP contribution in [0.2, 0.25) is 0 Å². The van der Waals surface area contributed by atoms with Crippen LogP contribution in [-0.4, -0.2) is 30.5 Å². The molecule has 0 aromatic heterocycles. The van der Waals surface area contributed by atoms with E-state index in [-0.39, 0.29) is 18.0 Å². The maximum Gasteiger partial charge on any atom is 0.226 e. The van der Waals surface area contributed by atoms with Gasteiger partial charge in [0.2, 0.25) is 5.91 Å². The van der Waals surface area contributed by atoms with Gasteiger partial charge >= 0.3 is 0 Å². The first-order chi connectivity index (χ1) is 16.2. The molecule has 0 bridgehead atoms. The van der Waals surface area contributed by atoms with Crippen LogP contribution in [0.1, 0.15) is 79.7 Å². The van der Waals surface area contributed by atoms with Crippen molar-refractivity contribution in [1.82, 2.24) is 10.2 Å². The highest BCUT2D eigenvalue weighted by Gasteiger charge is 2.40. The first-order valence-electron chi connectivity index (χ1n) is 13.0. The molecule has 2 fully saturated rings. The van der Waals surface area contributed by atoms with Crippen LogP contribution in [0.5, 0.6) is 5.75 Å². The monoisotopic (exact) mass is 446 g/mol. The number of fused-ring (bicyclic) bond motifs is 1. The SMILES string of the molecule is COc1cc2c(cc1CNC1CCN(C(=O)C3CCCCC3)C1c1ccccc1)CCCC2. The van der Waals surface area contributed by atoms with E-state index in [2.05, 4.69) is 52.7 Å². The van der Waals surface area contributed by atoms with Gasteiger partial charge in [0.15, 0.2) is 0 Å². The molecular weight excluding hydrogens is 408 g/mol. The predicted octanol–water partition coefficient (Wildman–Crippen LogP) is 5.59. The maximum atomic E-state index is 13.5. The molecule has 1 saturated heterocycles. The quantitative estimate of drug-likeness (QED) is 0.629. The lowest BCUT2D eigenvalue weighted by Crippen LogP contribution is -2.41. The topological polar surface area (TPSA) is 41.6 Å². The van der Waals surface area contributed by atoms with Crippen molar-refractivity contribution >= 4 is 5.91 Å². The van der Waals surface area contributed by atoms with Crippen LogP contribution in [-0.2, 0) is 24.2 Å². The van der Waals surface area contributed by atoms with Gasteiger partial charge in [-0.25, -0.2) is 0 Å². The molecule has 4 heteroatoms. The smallest absolute Gasteiger partial charge is 0.226 e. The van der Waals surface area contributed by atoms with Crippen molar-refractivity contribution in [2.45, 2.75) is 82.8 Å². The van der Waals surface area contributed by atoms with E-state index in [9.17, 15) is 4.79 Å². The Morgan fingerprint density at radius 1 is 0.970 bits per heavy atom. The van der Waals surface area contributed by atoms with Crippen LogP contribution < -0.4 is 10.1 Å². The Hall–Kier alpha value is -2.33. The summed E-state index contributed by atoms with van der Waals surface area (Å²) < 4.78 is 5.77. The van der Waals surface area contributed by atoms with Gasteiger partial charge in [0, 0.05) is 30.6 Å². The van der Waals surface area contributed by atoms with Crippen molar-refractivity contribution in [2.24, 2.45) is 5.92 Å². The summed E-state index contributed by atoms with van der Waals surface area (Å²) in [4.78, 5) is 15.7. The third kappa shape index (κ3) is 4.82. The molecule has 5 rings (SSSR count). The molecule has 2 aromatic carbocycles. The number of aryl methyl sites for hydroxylation is 2. The van der Waals surface area contributed by atoms with Gasteiger partial charge in [0.25, 0.3) is 0 Å². The van der Waals surface area contributed by atoms with Crippen molar-refractivity contribution in [3.63, 3.8) is 0 Å². The molecule has 1 N–H and O–H groups in total. The number of rotatable bonds is 6. The minimum absolute atomic E-state index is 0.101. The fraction of sp³-hybridized carbons (Fsp3) is 0.552. The van der Waals surface area contributed by atoms with Gasteiger partial charge in [-0.15, -0.1) is 0 Å². The molecule has 1 saturated carbocycles. The summed E-state index contributed by atoms with van der Waals surface area (Å²) >= 11 is 0. The molecule has 4 nitrogen and oxygen atoms in total. The lowest BCUT2D eigenvalue weighted by atomic mass is 9.87. The largest absolute Gasteiger partial charge is 0.496 e. The van der Waals surface area contributed by atoms with Gasteiger partial charge in [0.1, 0.15) is 5.75 Å². The number of hydrogen-bond donors (Lipinski definition) is 1. The number of nitrogens with zero attached hydrogens (tertiary/aromatic N) is 1. The van der Waals surface area contributed by atoms with Gasteiger partial charge in [0.05, 0.1) is 13.2 Å². The van der Waals surface area contributed by atoms with Gasteiger partial charge in [-0.1, -0.05) is 55.7 Å². The number of hydrogen-bond acceptors (Lipinski definition) is 3. The van der Waals surface area contributed by atoms with Gasteiger partial charge < -0.3 is 15.0 Å². The maximum absolute atomic E-state index is 13.5. The van der Waals surface area contributed by atoms with E-state index in [1.54, 1.807) is 7.11 Å². The highest BCUT2D eigenvalue weighted by molar-refractivity contribution is 5.80. The number of carbonyl (C=O) groups is 1. The average molecular weight is 447 g/mol. The van der Waals surface area contributed by atoms with Crippen LogP contribution in [0.25, 0.3) is 0 Å². The molecule has 0 spiro atoms. The molecule has 1 heterocycles. The van der Waals surface area contributed by atoms with Gasteiger partial charge in [-0.2, -0.15) is 0 Å².